The van der Waals surface area contributed by atoms with Crippen LogP contribution in [-0.2, 0) is 0 Å². The van der Waals surface area contributed by atoms with E-state index in [-0.39, 0.29) is 5.76 Å². The van der Waals surface area contributed by atoms with Crippen molar-refractivity contribution in [1.82, 2.24) is 4.98 Å². The average Bonchev–Trinajstić information content (AvgIpc) is 2.88. The van der Waals surface area contributed by atoms with Gasteiger partial charge in [0, 0.05) is 17.6 Å². The lowest BCUT2D eigenvalue weighted by Crippen LogP contribution is -1.93. The quantitative estimate of drug-likeness (QED) is 0.750. The van der Waals surface area contributed by atoms with Gasteiger partial charge < -0.3 is 14.8 Å². The highest BCUT2D eigenvalue weighted by molar-refractivity contribution is 5.92. The highest BCUT2D eigenvalue weighted by Crippen LogP contribution is 2.26. The first kappa shape index (κ1) is 11.3. The third kappa shape index (κ3) is 2.13. The molecular weight excluding hydrogens is 244 g/mol. The molecule has 3 rings (SSSR count). The molecular formula is C14H10N2O3. The van der Waals surface area contributed by atoms with Crippen LogP contribution in [-0.4, -0.2) is 16.1 Å². The van der Waals surface area contributed by atoms with E-state index in [1.54, 1.807) is 12.3 Å². The van der Waals surface area contributed by atoms with E-state index < -0.39 is 5.97 Å². The van der Waals surface area contributed by atoms with Crippen LogP contribution in [0.4, 0.5) is 11.6 Å². The molecule has 0 radical (unpaired) electrons. The first-order chi connectivity index (χ1) is 9.24. The summed E-state index contributed by atoms with van der Waals surface area (Å²) >= 11 is 0. The summed E-state index contributed by atoms with van der Waals surface area (Å²) in [4.78, 5) is 15.0. The second-order valence-electron chi connectivity index (χ2n) is 3.97. The van der Waals surface area contributed by atoms with Gasteiger partial charge in [-0.2, -0.15) is 0 Å². The van der Waals surface area contributed by atoms with E-state index in [1.807, 2.05) is 30.3 Å². The van der Waals surface area contributed by atoms with Crippen molar-refractivity contribution >= 4 is 28.4 Å². The number of nitrogens with zero attached hydrogens (tertiary/aromatic N) is 1. The van der Waals surface area contributed by atoms with Crippen LogP contribution in [0.25, 0.3) is 10.9 Å². The molecule has 5 nitrogen and oxygen atoms in total. The molecule has 94 valence electrons. The van der Waals surface area contributed by atoms with Gasteiger partial charge in [-0.05, 0) is 30.3 Å². The molecule has 0 fully saturated rings. The van der Waals surface area contributed by atoms with Gasteiger partial charge in [0.25, 0.3) is 0 Å². The molecule has 0 atom stereocenters. The molecule has 0 saturated carbocycles. The van der Waals surface area contributed by atoms with Crippen LogP contribution in [0, 0.1) is 0 Å². The molecule has 0 aliphatic carbocycles. The van der Waals surface area contributed by atoms with Gasteiger partial charge in [-0.1, -0.05) is 6.07 Å². The maximum atomic E-state index is 10.7. The molecule has 2 aromatic heterocycles. The lowest BCUT2D eigenvalue weighted by Gasteiger charge is -2.06. The topological polar surface area (TPSA) is 75.4 Å². The number of carboxylic acid groups (broad SMARTS) is 1. The third-order valence-electron chi connectivity index (χ3n) is 2.72. The van der Waals surface area contributed by atoms with E-state index in [4.69, 9.17) is 9.52 Å². The summed E-state index contributed by atoms with van der Waals surface area (Å²) in [5.41, 5.74) is 1.68. The summed E-state index contributed by atoms with van der Waals surface area (Å²) in [5.74, 6) is -0.803. The van der Waals surface area contributed by atoms with Crippen molar-refractivity contribution in [3.8, 4) is 0 Å². The van der Waals surface area contributed by atoms with E-state index in [1.165, 1.54) is 6.07 Å². The van der Waals surface area contributed by atoms with Crippen molar-refractivity contribution < 1.29 is 14.3 Å². The maximum Gasteiger partial charge on any atom is 0.371 e. The van der Waals surface area contributed by atoms with Crippen molar-refractivity contribution in [2.24, 2.45) is 0 Å². The Morgan fingerprint density at radius 2 is 2.05 bits per heavy atom. The van der Waals surface area contributed by atoms with Crippen molar-refractivity contribution in [1.29, 1.82) is 0 Å². The van der Waals surface area contributed by atoms with Crippen molar-refractivity contribution in [2.75, 3.05) is 5.32 Å². The van der Waals surface area contributed by atoms with Crippen LogP contribution >= 0.6 is 0 Å². The van der Waals surface area contributed by atoms with Gasteiger partial charge in [-0.25, -0.2) is 4.79 Å². The summed E-state index contributed by atoms with van der Waals surface area (Å²) in [7, 11) is 0. The zero-order valence-electron chi connectivity index (χ0n) is 9.83. The zero-order chi connectivity index (χ0) is 13.2. The fourth-order valence-corrected chi connectivity index (χ4v) is 1.87. The monoisotopic (exact) mass is 254 g/mol. The van der Waals surface area contributed by atoms with Gasteiger partial charge in [0.2, 0.25) is 5.76 Å². The number of hydrogen-bond acceptors (Lipinski definition) is 4. The SMILES string of the molecule is O=C(O)c1ccc(Nc2cccc3ncccc23)o1. The van der Waals surface area contributed by atoms with Crippen molar-refractivity contribution in [3.05, 3.63) is 54.4 Å². The number of rotatable bonds is 3. The van der Waals surface area contributed by atoms with E-state index >= 15 is 0 Å². The van der Waals surface area contributed by atoms with Crippen molar-refractivity contribution in [3.63, 3.8) is 0 Å². The minimum Gasteiger partial charge on any atom is -0.475 e. The van der Waals surface area contributed by atoms with E-state index in [0.29, 0.717) is 5.88 Å². The molecule has 0 bridgehead atoms. The number of benzene rings is 1. The van der Waals surface area contributed by atoms with Crippen LogP contribution in [0.2, 0.25) is 0 Å². The molecule has 2 heterocycles. The number of aromatic carboxylic acids is 1. The molecule has 19 heavy (non-hydrogen) atoms. The Balaban J connectivity index is 1.98. The molecule has 0 aliphatic rings. The number of fused-ring (bicyclic) bond motifs is 1. The molecule has 3 aromatic rings. The summed E-state index contributed by atoms with van der Waals surface area (Å²) in [6.45, 7) is 0. The largest absolute Gasteiger partial charge is 0.475 e. The number of nitrogens with one attached hydrogen (secondary N) is 1. The normalized spacial score (nSPS) is 10.5. The highest BCUT2D eigenvalue weighted by atomic mass is 16.4. The van der Waals surface area contributed by atoms with Crippen molar-refractivity contribution in [2.45, 2.75) is 0 Å². The van der Waals surface area contributed by atoms with Crippen LogP contribution in [0.3, 0.4) is 0 Å². The first-order valence-corrected chi connectivity index (χ1v) is 5.68. The highest BCUT2D eigenvalue weighted by Gasteiger charge is 2.09. The van der Waals surface area contributed by atoms with Crippen LogP contribution < -0.4 is 5.32 Å². The van der Waals surface area contributed by atoms with E-state index in [9.17, 15) is 4.79 Å². The second kappa shape index (κ2) is 4.45. The Morgan fingerprint density at radius 1 is 1.16 bits per heavy atom. The number of hydrogen-bond donors (Lipinski definition) is 2. The van der Waals surface area contributed by atoms with Gasteiger partial charge in [0.1, 0.15) is 0 Å². The number of carbonyl (C=O) groups is 1. The zero-order valence-corrected chi connectivity index (χ0v) is 9.83. The van der Waals surface area contributed by atoms with Gasteiger partial charge in [0.15, 0.2) is 5.88 Å². The molecule has 5 heteroatoms. The molecule has 0 unspecified atom stereocenters. The third-order valence-corrected chi connectivity index (χ3v) is 2.72. The lowest BCUT2D eigenvalue weighted by molar-refractivity contribution is 0.0663. The fourth-order valence-electron chi connectivity index (χ4n) is 1.87. The molecule has 1 aromatic carbocycles. The summed E-state index contributed by atoms with van der Waals surface area (Å²) in [5, 5.41) is 12.8. The Labute approximate surface area is 108 Å². The molecule has 0 aliphatic heterocycles. The predicted molar refractivity (Wildman–Crippen MR) is 70.7 cm³/mol. The standard InChI is InChI=1S/C14H10N2O3/c17-14(18)12-6-7-13(19-12)16-11-5-1-4-10-9(11)3-2-8-15-10/h1-8,16H,(H,17,18). The minimum absolute atomic E-state index is 0.0964. The number of carboxylic acids is 1. The summed E-state index contributed by atoms with van der Waals surface area (Å²) in [6, 6.07) is 12.4. The number of anilines is 2. The Kier molecular flexibility index (Phi) is 2.64. The Hall–Kier alpha value is -2.82. The lowest BCUT2D eigenvalue weighted by atomic mass is 10.2. The second-order valence-corrected chi connectivity index (χ2v) is 3.97. The summed E-state index contributed by atoms with van der Waals surface area (Å²) < 4.78 is 5.17. The molecule has 0 spiro atoms. The maximum absolute atomic E-state index is 10.7. The molecule has 2 N–H and O–H groups in total. The minimum atomic E-state index is -1.09. The van der Waals surface area contributed by atoms with E-state index in [2.05, 4.69) is 10.3 Å². The first-order valence-electron chi connectivity index (χ1n) is 5.68. The predicted octanol–water partition coefficient (Wildman–Crippen LogP) is 3.27. The molecule has 0 amide bonds. The van der Waals surface area contributed by atoms with Gasteiger partial charge >= 0.3 is 5.97 Å². The van der Waals surface area contributed by atoms with E-state index in [0.717, 1.165) is 16.6 Å². The van der Waals surface area contributed by atoms with Crippen LogP contribution in [0.1, 0.15) is 10.6 Å². The van der Waals surface area contributed by atoms with Gasteiger partial charge in [-0.3, -0.25) is 4.98 Å². The Bertz CT molecular complexity index is 744. The van der Waals surface area contributed by atoms with Gasteiger partial charge in [-0.15, -0.1) is 0 Å². The number of aromatic nitrogens is 1. The smallest absolute Gasteiger partial charge is 0.371 e. The average molecular weight is 254 g/mol. The number of furan rings is 1. The fraction of sp³-hybridized carbons (Fsp3) is 0. The summed E-state index contributed by atoms with van der Waals surface area (Å²) in [6.07, 6.45) is 1.72. The van der Waals surface area contributed by atoms with Crippen LogP contribution in [0.5, 0.6) is 0 Å². The van der Waals surface area contributed by atoms with Crippen LogP contribution in [0.15, 0.2) is 53.1 Å². The van der Waals surface area contributed by atoms with Gasteiger partial charge in [0.05, 0.1) is 11.2 Å². The number of pyridine rings is 1. The Morgan fingerprint density at radius 3 is 2.84 bits per heavy atom. The molecule has 0 saturated heterocycles.